The van der Waals surface area contributed by atoms with E-state index in [1.54, 1.807) is 23.1 Å². The summed E-state index contributed by atoms with van der Waals surface area (Å²) in [7, 11) is 0. The lowest BCUT2D eigenvalue weighted by molar-refractivity contribution is -0.135. The third kappa shape index (κ3) is 3.31. The number of fused-ring (bicyclic) bond motifs is 1. The Morgan fingerprint density at radius 2 is 2.08 bits per heavy atom. The third-order valence-electron chi connectivity index (χ3n) is 4.94. The van der Waals surface area contributed by atoms with Gasteiger partial charge in [-0.25, -0.2) is 0 Å². The van der Waals surface area contributed by atoms with Gasteiger partial charge < -0.3 is 20.3 Å². The summed E-state index contributed by atoms with van der Waals surface area (Å²) in [6.45, 7) is 0.440. The highest BCUT2D eigenvalue weighted by Gasteiger charge is 2.42. The summed E-state index contributed by atoms with van der Waals surface area (Å²) in [5.74, 6) is 0.151. The van der Waals surface area contributed by atoms with Gasteiger partial charge in [0, 0.05) is 31.8 Å². The Hall–Kier alpha value is -2.57. The lowest BCUT2D eigenvalue weighted by Crippen LogP contribution is -2.56. The summed E-state index contributed by atoms with van der Waals surface area (Å²) in [6, 6.07) is 7.37. The van der Waals surface area contributed by atoms with Crippen LogP contribution in [-0.2, 0) is 9.59 Å². The number of nitrogens with one attached hydrogen (secondary N) is 2. The van der Waals surface area contributed by atoms with Gasteiger partial charge in [-0.2, -0.15) is 0 Å². The van der Waals surface area contributed by atoms with Crippen LogP contribution in [0.15, 0.2) is 24.3 Å². The quantitative estimate of drug-likeness (QED) is 0.850. The number of rotatable bonds is 3. The number of nitrogens with zero attached hydrogens (tertiary/aromatic N) is 1. The summed E-state index contributed by atoms with van der Waals surface area (Å²) in [4.78, 5) is 38.3. The molecule has 1 aromatic rings. The lowest BCUT2D eigenvalue weighted by atomic mass is 10.0. The molecule has 1 saturated carbocycles. The molecule has 2 fully saturated rings. The van der Waals surface area contributed by atoms with E-state index in [4.69, 9.17) is 4.74 Å². The molecule has 25 heavy (non-hydrogen) atoms. The molecule has 2 aliphatic heterocycles. The van der Waals surface area contributed by atoms with Crippen LogP contribution in [0.25, 0.3) is 0 Å². The van der Waals surface area contributed by atoms with E-state index in [-0.39, 0.29) is 36.7 Å². The second-order valence-corrected chi connectivity index (χ2v) is 6.95. The predicted molar refractivity (Wildman–Crippen MR) is 88.9 cm³/mol. The number of carbonyl (C=O) groups excluding carboxylic acids is 3. The fourth-order valence-corrected chi connectivity index (χ4v) is 3.35. The van der Waals surface area contributed by atoms with Crippen molar-refractivity contribution in [3.63, 3.8) is 0 Å². The molecule has 1 atom stereocenters. The molecule has 1 aromatic carbocycles. The van der Waals surface area contributed by atoms with Crippen molar-refractivity contribution in [2.75, 3.05) is 13.1 Å². The second-order valence-electron chi connectivity index (χ2n) is 6.95. The average molecular weight is 343 g/mol. The molecule has 1 saturated heterocycles. The molecule has 132 valence electrons. The fourth-order valence-electron chi connectivity index (χ4n) is 3.35. The molecule has 1 aliphatic carbocycles. The van der Waals surface area contributed by atoms with Gasteiger partial charge in [0.1, 0.15) is 5.75 Å². The van der Waals surface area contributed by atoms with Gasteiger partial charge in [-0.3, -0.25) is 14.4 Å². The summed E-state index contributed by atoms with van der Waals surface area (Å²) >= 11 is 0. The van der Waals surface area contributed by atoms with Crippen molar-refractivity contribution in [2.24, 2.45) is 0 Å². The Morgan fingerprint density at radius 3 is 2.88 bits per heavy atom. The molecule has 0 aromatic heterocycles. The number of ether oxygens (including phenoxy) is 1. The summed E-state index contributed by atoms with van der Waals surface area (Å²) < 4.78 is 6.08. The number of amides is 3. The van der Waals surface area contributed by atoms with Crippen LogP contribution in [0.5, 0.6) is 5.75 Å². The summed E-state index contributed by atoms with van der Waals surface area (Å²) in [6.07, 6.45) is 3.12. The maximum Gasteiger partial charge on any atom is 0.258 e. The van der Waals surface area contributed by atoms with Crippen molar-refractivity contribution in [1.82, 2.24) is 15.5 Å². The molecule has 4 rings (SSSR count). The van der Waals surface area contributed by atoms with Crippen LogP contribution < -0.4 is 15.4 Å². The molecule has 7 nitrogen and oxygen atoms in total. The smallest absolute Gasteiger partial charge is 0.258 e. The first-order valence-electron chi connectivity index (χ1n) is 8.72. The Morgan fingerprint density at radius 1 is 1.28 bits per heavy atom. The van der Waals surface area contributed by atoms with E-state index in [1.165, 1.54) is 0 Å². The number of benzene rings is 1. The van der Waals surface area contributed by atoms with Crippen LogP contribution in [0.4, 0.5) is 0 Å². The first-order valence-corrected chi connectivity index (χ1v) is 8.72. The fraction of sp³-hybridized carbons (Fsp3) is 0.500. The van der Waals surface area contributed by atoms with E-state index in [2.05, 4.69) is 10.6 Å². The van der Waals surface area contributed by atoms with Crippen molar-refractivity contribution in [3.05, 3.63) is 29.8 Å². The molecular formula is C18H21N3O4. The number of hydrogen-bond donors (Lipinski definition) is 2. The van der Waals surface area contributed by atoms with Crippen LogP contribution in [0.1, 0.15) is 42.5 Å². The SMILES string of the molecule is O=C(CN1CCC2(CCC1=O)NC(=O)c1ccccc1O2)NC1CC1. The first-order chi connectivity index (χ1) is 12.0. The van der Waals surface area contributed by atoms with Crippen LogP contribution in [-0.4, -0.2) is 47.5 Å². The number of carbonyl (C=O) groups is 3. The Labute approximate surface area is 145 Å². The lowest BCUT2D eigenvalue weighted by Gasteiger charge is -2.38. The van der Waals surface area contributed by atoms with E-state index in [1.807, 2.05) is 6.07 Å². The van der Waals surface area contributed by atoms with Crippen molar-refractivity contribution in [3.8, 4) is 5.75 Å². The van der Waals surface area contributed by atoms with Gasteiger partial charge in [0.2, 0.25) is 11.8 Å². The normalized spacial score (nSPS) is 25.7. The molecule has 3 aliphatic rings. The Bertz CT molecular complexity index is 731. The number of hydrogen-bond acceptors (Lipinski definition) is 4. The number of para-hydroxylation sites is 1. The molecule has 3 amide bonds. The molecule has 2 heterocycles. The minimum atomic E-state index is -0.886. The van der Waals surface area contributed by atoms with E-state index in [0.29, 0.717) is 30.7 Å². The van der Waals surface area contributed by atoms with Crippen molar-refractivity contribution in [1.29, 1.82) is 0 Å². The minimum Gasteiger partial charge on any atom is -0.467 e. The van der Waals surface area contributed by atoms with Gasteiger partial charge in [-0.15, -0.1) is 0 Å². The van der Waals surface area contributed by atoms with Crippen molar-refractivity contribution in [2.45, 2.75) is 43.9 Å². The van der Waals surface area contributed by atoms with Gasteiger partial charge in [-0.1, -0.05) is 12.1 Å². The predicted octanol–water partition coefficient (Wildman–Crippen LogP) is 0.796. The van der Waals surface area contributed by atoms with E-state index >= 15 is 0 Å². The van der Waals surface area contributed by atoms with Gasteiger partial charge in [0.25, 0.3) is 5.91 Å². The molecular weight excluding hydrogens is 322 g/mol. The summed E-state index contributed by atoms with van der Waals surface area (Å²) in [5.41, 5.74) is -0.382. The Kier molecular flexibility index (Phi) is 3.86. The van der Waals surface area contributed by atoms with Gasteiger partial charge in [0.15, 0.2) is 5.72 Å². The van der Waals surface area contributed by atoms with E-state index in [9.17, 15) is 14.4 Å². The zero-order chi connectivity index (χ0) is 17.4. The third-order valence-corrected chi connectivity index (χ3v) is 4.94. The molecule has 1 spiro atoms. The van der Waals surface area contributed by atoms with Gasteiger partial charge in [-0.05, 0) is 25.0 Å². The van der Waals surface area contributed by atoms with Gasteiger partial charge in [0.05, 0.1) is 12.1 Å². The zero-order valence-corrected chi connectivity index (χ0v) is 13.9. The highest BCUT2D eigenvalue weighted by molar-refractivity contribution is 5.98. The minimum absolute atomic E-state index is 0.0654. The van der Waals surface area contributed by atoms with Crippen LogP contribution in [0.2, 0.25) is 0 Å². The largest absolute Gasteiger partial charge is 0.467 e. The molecule has 0 bridgehead atoms. The average Bonchev–Trinajstić information content (AvgIpc) is 3.41. The highest BCUT2D eigenvalue weighted by Crippen LogP contribution is 2.33. The molecule has 1 unspecified atom stereocenters. The molecule has 7 heteroatoms. The monoisotopic (exact) mass is 343 g/mol. The van der Waals surface area contributed by atoms with Gasteiger partial charge >= 0.3 is 0 Å². The van der Waals surface area contributed by atoms with Crippen LogP contribution >= 0.6 is 0 Å². The zero-order valence-electron chi connectivity index (χ0n) is 13.9. The highest BCUT2D eigenvalue weighted by atomic mass is 16.5. The van der Waals surface area contributed by atoms with Crippen LogP contribution in [0, 0.1) is 0 Å². The van der Waals surface area contributed by atoms with Crippen molar-refractivity contribution < 1.29 is 19.1 Å². The number of likely N-dealkylation sites (tertiary alicyclic amines) is 1. The Balaban J connectivity index is 1.46. The maximum absolute atomic E-state index is 12.4. The molecule has 0 radical (unpaired) electrons. The van der Waals surface area contributed by atoms with E-state index in [0.717, 1.165) is 12.8 Å². The molecule has 2 N–H and O–H groups in total. The summed E-state index contributed by atoms with van der Waals surface area (Å²) in [5, 5.41) is 5.82. The topological polar surface area (TPSA) is 87.7 Å². The van der Waals surface area contributed by atoms with Crippen molar-refractivity contribution >= 4 is 17.7 Å². The first kappa shape index (κ1) is 15.9. The maximum atomic E-state index is 12.4. The van der Waals surface area contributed by atoms with Crippen LogP contribution in [0.3, 0.4) is 0 Å². The van der Waals surface area contributed by atoms with E-state index < -0.39 is 5.72 Å². The standard InChI is InChI=1S/C18H21N3O4/c22-15(19-12-5-6-12)11-21-10-9-18(8-7-16(21)23)20-17(24)13-3-1-2-4-14(13)25-18/h1-4,12H,5-11H2,(H,19,22)(H,20,24). The second kappa shape index (κ2) is 6.06.